The lowest BCUT2D eigenvalue weighted by molar-refractivity contribution is 0.413. The SMILES string of the molecule is COc1ccc(Oc2ccc(NC(C#N)=C(C#N)C#N)cc2)cc1. The molecular formula is C18H12N4O2. The number of benzene rings is 2. The molecular weight excluding hydrogens is 304 g/mol. The Morgan fingerprint density at radius 1 is 0.792 bits per heavy atom. The minimum absolute atomic E-state index is 0.0937. The molecule has 0 aliphatic carbocycles. The Kier molecular flexibility index (Phi) is 5.40. The van der Waals surface area contributed by atoms with Gasteiger partial charge in [0.15, 0.2) is 5.57 Å². The highest BCUT2D eigenvalue weighted by Crippen LogP contribution is 2.25. The first-order chi connectivity index (χ1) is 11.7. The summed E-state index contributed by atoms with van der Waals surface area (Å²) in [6, 6.07) is 19.1. The van der Waals surface area contributed by atoms with E-state index in [0.29, 0.717) is 17.2 Å². The highest BCUT2D eigenvalue weighted by molar-refractivity contribution is 5.59. The second-order valence-corrected chi connectivity index (χ2v) is 4.51. The van der Waals surface area contributed by atoms with Crippen LogP contribution in [0.2, 0.25) is 0 Å². The predicted octanol–water partition coefficient (Wildman–Crippen LogP) is 3.72. The van der Waals surface area contributed by atoms with Crippen LogP contribution in [0.3, 0.4) is 0 Å². The zero-order valence-corrected chi connectivity index (χ0v) is 12.8. The first kappa shape index (κ1) is 16.4. The van der Waals surface area contributed by atoms with Gasteiger partial charge in [0, 0.05) is 5.69 Å². The van der Waals surface area contributed by atoms with E-state index in [4.69, 9.17) is 25.3 Å². The number of allylic oxidation sites excluding steroid dienone is 2. The summed E-state index contributed by atoms with van der Waals surface area (Å²) in [6.07, 6.45) is 0. The monoisotopic (exact) mass is 316 g/mol. The Bertz CT molecular complexity index is 848. The first-order valence-corrected chi connectivity index (χ1v) is 6.83. The van der Waals surface area contributed by atoms with Crippen molar-refractivity contribution in [2.75, 3.05) is 12.4 Å². The maximum atomic E-state index is 9.00. The normalized spacial score (nSPS) is 8.92. The van der Waals surface area contributed by atoms with Gasteiger partial charge in [-0.25, -0.2) is 0 Å². The number of ether oxygens (including phenoxy) is 2. The lowest BCUT2D eigenvalue weighted by Crippen LogP contribution is -2.00. The molecule has 0 aromatic heterocycles. The van der Waals surface area contributed by atoms with E-state index in [1.165, 1.54) is 0 Å². The van der Waals surface area contributed by atoms with Crippen LogP contribution in [-0.4, -0.2) is 7.11 Å². The molecule has 0 aliphatic rings. The molecule has 0 amide bonds. The molecule has 0 saturated heterocycles. The van der Waals surface area contributed by atoms with Gasteiger partial charge in [0.25, 0.3) is 0 Å². The molecule has 116 valence electrons. The fourth-order valence-corrected chi connectivity index (χ4v) is 1.81. The van der Waals surface area contributed by atoms with Crippen LogP contribution in [0.15, 0.2) is 59.8 Å². The summed E-state index contributed by atoms with van der Waals surface area (Å²) in [4.78, 5) is 0. The summed E-state index contributed by atoms with van der Waals surface area (Å²) >= 11 is 0. The fraction of sp³-hybridized carbons (Fsp3) is 0.0556. The van der Waals surface area contributed by atoms with Crippen molar-refractivity contribution in [3.63, 3.8) is 0 Å². The van der Waals surface area contributed by atoms with Gasteiger partial charge in [-0.05, 0) is 48.5 Å². The molecule has 0 bridgehead atoms. The van der Waals surface area contributed by atoms with Crippen molar-refractivity contribution >= 4 is 5.69 Å². The van der Waals surface area contributed by atoms with E-state index < -0.39 is 0 Å². The minimum atomic E-state index is -0.268. The molecule has 0 unspecified atom stereocenters. The molecule has 0 radical (unpaired) electrons. The van der Waals surface area contributed by atoms with Crippen LogP contribution < -0.4 is 14.8 Å². The third-order valence-corrected chi connectivity index (χ3v) is 3.00. The number of methoxy groups -OCH3 is 1. The van der Waals surface area contributed by atoms with Gasteiger partial charge in [-0.15, -0.1) is 0 Å². The highest BCUT2D eigenvalue weighted by atomic mass is 16.5. The molecule has 0 saturated carbocycles. The molecule has 2 rings (SSSR count). The zero-order chi connectivity index (χ0) is 17.4. The van der Waals surface area contributed by atoms with Crippen molar-refractivity contribution in [1.82, 2.24) is 0 Å². The van der Waals surface area contributed by atoms with Gasteiger partial charge in [0.2, 0.25) is 0 Å². The second kappa shape index (κ2) is 7.89. The maximum Gasteiger partial charge on any atom is 0.163 e. The molecule has 0 heterocycles. The summed E-state index contributed by atoms with van der Waals surface area (Å²) < 4.78 is 10.8. The van der Waals surface area contributed by atoms with E-state index in [9.17, 15) is 0 Å². The third-order valence-electron chi connectivity index (χ3n) is 3.00. The fourth-order valence-electron chi connectivity index (χ4n) is 1.81. The van der Waals surface area contributed by atoms with Crippen LogP contribution in [0, 0.1) is 34.0 Å². The quantitative estimate of drug-likeness (QED) is 0.843. The predicted molar refractivity (Wildman–Crippen MR) is 87.0 cm³/mol. The molecule has 0 aliphatic heterocycles. The topological polar surface area (TPSA) is 102 Å². The number of nitrogens with one attached hydrogen (secondary N) is 1. The Hall–Kier alpha value is -3.95. The van der Waals surface area contributed by atoms with Crippen molar-refractivity contribution in [3.8, 4) is 35.5 Å². The Morgan fingerprint density at radius 2 is 1.29 bits per heavy atom. The van der Waals surface area contributed by atoms with E-state index in [1.807, 2.05) is 0 Å². The number of nitriles is 3. The van der Waals surface area contributed by atoms with Crippen molar-refractivity contribution in [1.29, 1.82) is 15.8 Å². The van der Waals surface area contributed by atoms with Crippen LogP contribution in [0.5, 0.6) is 17.2 Å². The van der Waals surface area contributed by atoms with Gasteiger partial charge < -0.3 is 14.8 Å². The Morgan fingerprint density at radius 3 is 1.75 bits per heavy atom. The lowest BCUT2D eigenvalue weighted by atomic mass is 10.2. The maximum absolute atomic E-state index is 9.00. The Balaban J connectivity index is 2.11. The zero-order valence-electron chi connectivity index (χ0n) is 12.8. The summed E-state index contributed by atoms with van der Waals surface area (Å²) in [5.41, 5.74) is 0.205. The van der Waals surface area contributed by atoms with Gasteiger partial charge in [-0.1, -0.05) is 0 Å². The molecule has 2 aromatic carbocycles. The number of hydrogen-bond donors (Lipinski definition) is 1. The highest BCUT2D eigenvalue weighted by Gasteiger charge is 2.06. The van der Waals surface area contributed by atoms with Crippen LogP contribution in [0.1, 0.15) is 0 Å². The molecule has 2 aromatic rings. The first-order valence-electron chi connectivity index (χ1n) is 6.83. The van der Waals surface area contributed by atoms with Crippen LogP contribution >= 0.6 is 0 Å². The number of hydrogen-bond acceptors (Lipinski definition) is 6. The standard InChI is InChI=1S/C18H12N4O2/c1-23-15-6-8-17(9-7-15)24-16-4-2-14(3-5-16)22-18(12-21)13(10-19)11-20/h2-9,22H,1H3. The molecule has 6 heteroatoms. The van der Waals surface area contributed by atoms with E-state index >= 15 is 0 Å². The number of anilines is 1. The third kappa shape index (κ3) is 4.04. The van der Waals surface area contributed by atoms with Crippen molar-refractivity contribution in [2.45, 2.75) is 0 Å². The van der Waals surface area contributed by atoms with Gasteiger partial charge >= 0.3 is 0 Å². The average Bonchev–Trinajstić information content (AvgIpc) is 2.64. The summed E-state index contributed by atoms with van der Waals surface area (Å²) in [5.74, 6) is 2.00. The van der Waals surface area contributed by atoms with Gasteiger partial charge in [0.1, 0.15) is 41.2 Å². The van der Waals surface area contributed by atoms with E-state index in [1.54, 1.807) is 73.8 Å². The smallest absolute Gasteiger partial charge is 0.163 e. The summed E-state index contributed by atoms with van der Waals surface area (Å²) in [7, 11) is 1.59. The Labute approximate surface area is 139 Å². The minimum Gasteiger partial charge on any atom is -0.497 e. The van der Waals surface area contributed by atoms with Crippen molar-refractivity contribution in [2.24, 2.45) is 0 Å². The number of rotatable bonds is 5. The van der Waals surface area contributed by atoms with Crippen molar-refractivity contribution < 1.29 is 9.47 Å². The van der Waals surface area contributed by atoms with Gasteiger partial charge in [0.05, 0.1) is 7.11 Å². The van der Waals surface area contributed by atoms with Gasteiger partial charge in [-0.2, -0.15) is 15.8 Å². The largest absolute Gasteiger partial charge is 0.497 e. The molecule has 0 atom stereocenters. The summed E-state index contributed by atoms with van der Waals surface area (Å²) in [6.45, 7) is 0. The molecule has 0 fully saturated rings. The van der Waals surface area contributed by atoms with E-state index in [2.05, 4.69) is 5.32 Å². The second-order valence-electron chi connectivity index (χ2n) is 4.51. The number of nitrogens with zero attached hydrogens (tertiary/aromatic N) is 3. The van der Waals surface area contributed by atoms with Crippen LogP contribution in [-0.2, 0) is 0 Å². The van der Waals surface area contributed by atoms with Crippen LogP contribution in [0.25, 0.3) is 0 Å². The molecule has 24 heavy (non-hydrogen) atoms. The van der Waals surface area contributed by atoms with Gasteiger partial charge in [-0.3, -0.25) is 0 Å². The molecule has 0 spiro atoms. The van der Waals surface area contributed by atoms with E-state index in [-0.39, 0.29) is 11.3 Å². The van der Waals surface area contributed by atoms with Crippen LogP contribution in [0.4, 0.5) is 5.69 Å². The lowest BCUT2D eigenvalue weighted by Gasteiger charge is -2.08. The average molecular weight is 316 g/mol. The molecule has 6 nitrogen and oxygen atoms in total. The molecule has 1 N–H and O–H groups in total. The summed E-state index contributed by atoms with van der Waals surface area (Å²) in [5, 5.41) is 29.3. The van der Waals surface area contributed by atoms with Crippen molar-refractivity contribution in [3.05, 3.63) is 59.8 Å². The van der Waals surface area contributed by atoms with E-state index in [0.717, 1.165) is 5.75 Å².